The fourth-order valence-electron chi connectivity index (χ4n) is 1.86. The molecule has 3 rings (SSSR count). The van der Waals surface area contributed by atoms with Gasteiger partial charge in [-0.25, -0.2) is 9.97 Å². The SMILES string of the molecule is Cc1cc(Nc2cc(Cl)nc(-c3ccccc3Cl)n2)n[nH]1. The molecule has 0 aliphatic rings. The Morgan fingerprint density at radius 2 is 1.86 bits per heavy atom. The smallest absolute Gasteiger partial charge is 0.164 e. The van der Waals surface area contributed by atoms with Crippen LogP contribution in [-0.4, -0.2) is 20.2 Å². The number of aryl methyl sites for hydroxylation is 1. The van der Waals surface area contributed by atoms with Crippen LogP contribution < -0.4 is 5.32 Å². The van der Waals surface area contributed by atoms with E-state index in [0.29, 0.717) is 27.6 Å². The van der Waals surface area contributed by atoms with Gasteiger partial charge in [-0.1, -0.05) is 35.3 Å². The highest BCUT2D eigenvalue weighted by Gasteiger charge is 2.10. The molecule has 1 aromatic carbocycles. The second-order valence-corrected chi connectivity index (χ2v) is 5.24. The van der Waals surface area contributed by atoms with Crippen molar-refractivity contribution in [3.63, 3.8) is 0 Å². The van der Waals surface area contributed by atoms with E-state index in [1.165, 1.54) is 0 Å². The molecule has 0 radical (unpaired) electrons. The van der Waals surface area contributed by atoms with Crippen LogP contribution in [0, 0.1) is 6.92 Å². The topological polar surface area (TPSA) is 66.5 Å². The van der Waals surface area contributed by atoms with E-state index in [9.17, 15) is 0 Å². The standard InChI is InChI=1S/C14H11Cl2N5/c1-8-6-13(21-20-8)18-12-7-11(16)17-14(19-12)9-4-2-3-5-10(9)15/h2-7H,1H3,(H2,17,18,19,20,21). The molecule has 3 aromatic rings. The number of hydrogen-bond donors (Lipinski definition) is 2. The Balaban J connectivity index is 1.98. The summed E-state index contributed by atoms with van der Waals surface area (Å²) in [5, 5.41) is 10.9. The van der Waals surface area contributed by atoms with Gasteiger partial charge in [0.05, 0.1) is 5.02 Å². The van der Waals surface area contributed by atoms with Crippen LogP contribution in [0.3, 0.4) is 0 Å². The highest BCUT2D eigenvalue weighted by atomic mass is 35.5. The van der Waals surface area contributed by atoms with Gasteiger partial charge < -0.3 is 5.32 Å². The van der Waals surface area contributed by atoms with Crippen LogP contribution in [0.15, 0.2) is 36.4 Å². The van der Waals surface area contributed by atoms with Crippen molar-refractivity contribution in [2.45, 2.75) is 6.92 Å². The molecule has 0 amide bonds. The molecule has 0 aliphatic carbocycles. The Morgan fingerprint density at radius 3 is 2.57 bits per heavy atom. The number of nitrogens with one attached hydrogen (secondary N) is 2. The normalized spacial score (nSPS) is 10.6. The second-order valence-electron chi connectivity index (χ2n) is 4.44. The van der Waals surface area contributed by atoms with Crippen LogP contribution in [0.4, 0.5) is 11.6 Å². The van der Waals surface area contributed by atoms with Crippen molar-refractivity contribution in [3.05, 3.63) is 52.3 Å². The number of rotatable bonds is 3. The zero-order valence-electron chi connectivity index (χ0n) is 11.1. The minimum atomic E-state index is 0.328. The first kappa shape index (κ1) is 13.9. The van der Waals surface area contributed by atoms with E-state index in [0.717, 1.165) is 11.3 Å². The van der Waals surface area contributed by atoms with Crippen LogP contribution in [0.1, 0.15) is 5.69 Å². The summed E-state index contributed by atoms with van der Waals surface area (Å²) in [5.74, 6) is 1.67. The van der Waals surface area contributed by atoms with Crippen LogP contribution in [0.25, 0.3) is 11.4 Å². The van der Waals surface area contributed by atoms with Crippen molar-refractivity contribution in [2.24, 2.45) is 0 Å². The fraction of sp³-hybridized carbons (Fsp3) is 0.0714. The van der Waals surface area contributed by atoms with Crippen LogP contribution in [0.2, 0.25) is 10.2 Å². The van der Waals surface area contributed by atoms with Gasteiger partial charge in [0.2, 0.25) is 0 Å². The van der Waals surface area contributed by atoms with Crippen molar-refractivity contribution < 1.29 is 0 Å². The lowest BCUT2D eigenvalue weighted by Crippen LogP contribution is -1.98. The molecular formula is C14H11Cl2N5. The molecule has 0 fully saturated rings. The first-order valence-electron chi connectivity index (χ1n) is 6.20. The molecule has 7 heteroatoms. The highest BCUT2D eigenvalue weighted by molar-refractivity contribution is 6.33. The summed E-state index contributed by atoms with van der Waals surface area (Å²) in [6.45, 7) is 1.92. The molecule has 5 nitrogen and oxygen atoms in total. The van der Waals surface area contributed by atoms with Crippen LogP contribution in [0.5, 0.6) is 0 Å². The number of benzene rings is 1. The molecular weight excluding hydrogens is 309 g/mol. The van der Waals surface area contributed by atoms with E-state index < -0.39 is 0 Å². The van der Waals surface area contributed by atoms with E-state index in [1.807, 2.05) is 31.2 Å². The predicted molar refractivity (Wildman–Crippen MR) is 84.1 cm³/mol. The van der Waals surface area contributed by atoms with E-state index in [2.05, 4.69) is 25.5 Å². The highest BCUT2D eigenvalue weighted by Crippen LogP contribution is 2.27. The van der Waals surface area contributed by atoms with Crippen molar-refractivity contribution in [3.8, 4) is 11.4 Å². The summed E-state index contributed by atoms with van der Waals surface area (Å²) in [4.78, 5) is 8.64. The Hall–Kier alpha value is -2.11. The van der Waals surface area contributed by atoms with Crippen LogP contribution in [-0.2, 0) is 0 Å². The second kappa shape index (κ2) is 5.71. The molecule has 0 atom stereocenters. The minimum Gasteiger partial charge on any atom is -0.323 e. The molecule has 2 N–H and O–H groups in total. The first-order chi connectivity index (χ1) is 10.1. The number of aromatic nitrogens is 4. The zero-order chi connectivity index (χ0) is 14.8. The molecule has 0 saturated carbocycles. The van der Waals surface area contributed by atoms with Gasteiger partial charge in [0.25, 0.3) is 0 Å². The number of nitrogens with zero attached hydrogens (tertiary/aromatic N) is 3. The largest absolute Gasteiger partial charge is 0.323 e. The molecule has 0 unspecified atom stereocenters. The zero-order valence-corrected chi connectivity index (χ0v) is 12.6. The molecule has 0 bridgehead atoms. The quantitative estimate of drug-likeness (QED) is 0.709. The average molecular weight is 320 g/mol. The third kappa shape index (κ3) is 3.15. The molecule has 0 aliphatic heterocycles. The summed E-state index contributed by atoms with van der Waals surface area (Å²) in [6.07, 6.45) is 0. The number of H-pyrrole nitrogens is 1. The van der Waals surface area contributed by atoms with E-state index in [1.54, 1.807) is 12.1 Å². The van der Waals surface area contributed by atoms with Gasteiger partial charge in [0.1, 0.15) is 11.0 Å². The monoisotopic (exact) mass is 319 g/mol. The van der Waals surface area contributed by atoms with Crippen LogP contribution >= 0.6 is 23.2 Å². The third-order valence-corrected chi connectivity index (χ3v) is 3.29. The number of halogens is 2. The van der Waals surface area contributed by atoms with Crippen molar-refractivity contribution >= 4 is 34.8 Å². The summed E-state index contributed by atoms with van der Waals surface area (Å²) in [6, 6.07) is 10.8. The molecule has 0 spiro atoms. The van der Waals surface area contributed by atoms with Crippen molar-refractivity contribution in [2.75, 3.05) is 5.32 Å². The van der Waals surface area contributed by atoms with Crippen molar-refractivity contribution in [1.82, 2.24) is 20.2 Å². The van der Waals surface area contributed by atoms with Gasteiger partial charge in [0.15, 0.2) is 11.6 Å². The van der Waals surface area contributed by atoms with Gasteiger partial charge in [-0.05, 0) is 19.1 Å². The maximum atomic E-state index is 6.17. The van der Waals surface area contributed by atoms with Crippen molar-refractivity contribution in [1.29, 1.82) is 0 Å². The number of hydrogen-bond acceptors (Lipinski definition) is 4. The Labute approximate surface area is 131 Å². The molecule has 106 valence electrons. The lowest BCUT2D eigenvalue weighted by atomic mass is 10.2. The molecule has 21 heavy (non-hydrogen) atoms. The third-order valence-electron chi connectivity index (χ3n) is 2.77. The summed E-state index contributed by atoms with van der Waals surface area (Å²) in [7, 11) is 0. The van der Waals surface area contributed by atoms with E-state index in [4.69, 9.17) is 23.2 Å². The molecule has 2 heterocycles. The summed E-state index contributed by atoms with van der Waals surface area (Å²) >= 11 is 12.2. The van der Waals surface area contributed by atoms with Gasteiger partial charge in [-0.2, -0.15) is 5.10 Å². The Morgan fingerprint density at radius 1 is 1.05 bits per heavy atom. The number of aromatic amines is 1. The van der Waals surface area contributed by atoms with E-state index >= 15 is 0 Å². The fourth-order valence-corrected chi connectivity index (χ4v) is 2.26. The average Bonchev–Trinajstić information content (AvgIpc) is 2.84. The molecule has 2 aromatic heterocycles. The predicted octanol–water partition coefficient (Wildman–Crippen LogP) is 4.23. The van der Waals surface area contributed by atoms with E-state index in [-0.39, 0.29) is 0 Å². The van der Waals surface area contributed by atoms with Gasteiger partial charge in [-0.3, -0.25) is 5.10 Å². The summed E-state index contributed by atoms with van der Waals surface area (Å²) < 4.78 is 0. The first-order valence-corrected chi connectivity index (χ1v) is 6.96. The molecule has 0 saturated heterocycles. The van der Waals surface area contributed by atoms with Gasteiger partial charge in [0, 0.05) is 23.4 Å². The van der Waals surface area contributed by atoms with Gasteiger partial charge in [-0.15, -0.1) is 0 Å². The minimum absolute atomic E-state index is 0.328. The maximum absolute atomic E-state index is 6.17. The summed E-state index contributed by atoms with van der Waals surface area (Å²) in [5.41, 5.74) is 1.67. The Bertz CT molecular complexity index is 785. The van der Waals surface area contributed by atoms with Gasteiger partial charge >= 0.3 is 0 Å². The lowest BCUT2D eigenvalue weighted by Gasteiger charge is -2.07. The maximum Gasteiger partial charge on any atom is 0.164 e. The number of anilines is 2. The Kier molecular flexibility index (Phi) is 3.77. The lowest BCUT2D eigenvalue weighted by molar-refractivity contribution is 1.05.